The van der Waals surface area contributed by atoms with Crippen LogP contribution in [-0.4, -0.2) is 9.97 Å². The molecule has 5 heteroatoms. The zero-order chi connectivity index (χ0) is 11.2. The van der Waals surface area contributed by atoms with Crippen LogP contribution in [0.3, 0.4) is 0 Å². The maximum absolute atomic E-state index is 5.28. The highest BCUT2D eigenvalue weighted by Gasteiger charge is 1.99. The van der Waals surface area contributed by atoms with Gasteiger partial charge >= 0.3 is 0 Å². The summed E-state index contributed by atoms with van der Waals surface area (Å²) in [4.78, 5) is 9.62. The summed E-state index contributed by atoms with van der Waals surface area (Å²) < 4.78 is 0. The van der Waals surface area contributed by atoms with Crippen LogP contribution in [0.2, 0.25) is 0 Å². The second kappa shape index (κ2) is 5.48. The van der Waals surface area contributed by atoms with E-state index >= 15 is 0 Å². The number of nitrogen functional groups attached to an aromatic ring is 1. The Hall–Kier alpha value is -1.59. The van der Waals surface area contributed by atoms with Gasteiger partial charge in [0.05, 0.1) is 5.75 Å². The zero-order valence-corrected chi connectivity index (χ0v) is 9.45. The molecule has 0 bridgehead atoms. The van der Waals surface area contributed by atoms with Crippen molar-refractivity contribution in [2.45, 2.75) is 10.6 Å². The average molecular weight is 232 g/mol. The number of hydrazine groups is 1. The maximum Gasteiger partial charge on any atom is 0.143 e. The van der Waals surface area contributed by atoms with Crippen LogP contribution in [0.15, 0.2) is 47.5 Å². The van der Waals surface area contributed by atoms with E-state index in [4.69, 9.17) is 5.84 Å². The van der Waals surface area contributed by atoms with E-state index in [-0.39, 0.29) is 0 Å². The molecule has 1 aromatic heterocycles. The molecular weight excluding hydrogens is 220 g/mol. The predicted molar refractivity (Wildman–Crippen MR) is 65.8 cm³/mol. The van der Waals surface area contributed by atoms with E-state index in [9.17, 15) is 0 Å². The lowest BCUT2D eigenvalue weighted by Crippen LogP contribution is -2.09. The quantitative estimate of drug-likeness (QED) is 0.480. The lowest BCUT2D eigenvalue weighted by Gasteiger charge is -2.02. The van der Waals surface area contributed by atoms with Gasteiger partial charge in [0.1, 0.15) is 11.6 Å². The number of aromatic nitrogens is 2. The molecule has 16 heavy (non-hydrogen) atoms. The summed E-state index contributed by atoms with van der Waals surface area (Å²) in [6.45, 7) is 0. The molecule has 0 aliphatic carbocycles. The molecule has 0 unspecified atom stereocenters. The fourth-order valence-corrected chi connectivity index (χ4v) is 2.00. The van der Waals surface area contributed by atoms with E-state index in [2.05, 4.69) is 27.5 Å². The third-order valence-electron chi connectivity index (χ3n) is 1.96. The Morgan fingerprint density at radius 3 is 2.75 bits per heavy atom. The van der Waals surface area contributed by atoms with Crippen LogP contribution in [0.25, 0.3) is 0 Å². The van der Waals surface area contributed by atoms with Gasteiger partial charge in [0.2, 0.25) is 0 Å². The Kier molecular flexibility index (Phi) is 3.74. The van der Waals surface area contributed by atoms with E-state index < -0.39 is 0 Å². The smallest absolute Gasteiger partial charge is 0.143 e. The number of hydrogen-bond donors (Lipinski definition) is 2. The minimum absolute atomic E-state index is 0.638. The molecule has 2 rings (SSSR count). The SMILES string of the molecule is NNc1ccnc(CSc2ccccc2)n1. The summed E-state index contributed by atoms with van der Waals surface area (Å²) in [5.74, 6) is 7.42. The molecule has 0 saturated carbocycles. The van der Waals surface area contributed by atoms with Gasteiger partial charge in [0.25, 0.3) is 0 Å². The van der Waals surface area contributed by atoms with E-state index in [1.54, 1.807) is 24.0 Å². The van der Waals surface area contributed by atoms with Crippen LogP contribution >= 0.6 is 11.8 Å². The molecule has 0 aliphatic rings. The second-order valence-corrected chi connectivity index (χ2v) is 4.15. The molecule has 4 nitrogen and oxygen atoms in total. The summed E-state index contributed by atoms with van der Waals surface area (Å²) in [6.07, 6.45) is 1.70. The number of thioether (sulfide) groups is 1. The molecule has 0 spiro atoms. The Bertz CT molecular complexity index is 447. The molecule has 0 radical (unpaired) electrons. The maximum atomic E-state index is 5.28. The Balaban J connectivity index is 1.99. The predicted octanol–water partition coefficient (Wildman–Crippen LogP) is 2.05. The van der Waals surface area contributed by atoms with Gasteiger partial charge in [-0.1, -0.05) is 18.2 Å². The van der Waals surface area contributed by atoms with Crippen molar-refractivity contribution in [3.8, 4) is 0 Å². The largest absolute Gasteiger partial charge is 0.308 e. The van der Waals surface area contributed by atoms with E-state index in [1.807, 2.05) is 18.2 Å². The highest BCUT2D eigenvalue weighted by Crippen LogP contribution is 2.20. The van der Waals surface area contributed by atoms with Crippen molar-refractivity contribution in [3.05, 3.63) is 48.4 Å². The number of benzene rings is 1. The van der Waals surface area contributed by atoms with Crippen molar-refractivity contribution in [3.63, 3.8) is 0 Å². The van der Waals surface area contributed by atoms with Crippen LogP contribution in [-0.2, 0) is 5.75 Å². The van der Waals surface area contributed by atoms with Crippen molar-refractivity contribution in [2.75, 3.05) is 5.43 Å². The van der Waals surface area contributed by atoms with Gasteiger partial charge in [0.15, 0.2) is 0 Å². The van der Waals surface area contributed by atoms with Gasteiger partial charge in [0, 0.05) is 17.2 Å². The normalized spacial score (nSPS) is 10.1. The van der Waals surface area contributed by atoms with Crippen molar-refractivity contribution in [2.24, 2.45) is 5.84 Å². The van der Waals surface area contributed by atoms with Gasteiger partial charge in [-0.2, -0.15) is 0 Å². The average Bonchev–Trinajstić information content (AvgIpc) is 2.38. The van der Waals surface area contributed by atoms with Gasteiger partial charge in [-0.05, 0) is 12.1 Å². The topological polar surface area (TPSA) is 63.8 Å². The van der Waals surface area contributed by atoms with Crippen molar-refractivity contribution < 1.29 is 0 Å². The lowest BCUT2D eigenvalue weighted by atomic mass is 10.4. The molecule has 82 valence electrons. The second-order valence-electron chi connectivity index (χ2n) is 3.10. The van der Waals surface area contributed by atoms with Crippen LogP contribution in [0.4, 0.5) is 5.82 Å². The monoisotopic (exact) mass is 232 g/mol. The Morgan fingerprint density at radius 2 is 2.00 bits per heavy atom. The Morgan fingerprint density at radius 1 is 1.19 bits per heavy atom. The number of rotatable bonds is 4. The number of nitrogens with two attached hydrogens (primary N) is 1. The van der Waals surface area contributed by atoms with Gasteiger partial charge in [-0.3, -0.25) is 0 Å². The number of nitrogens with zero attached hydrogens (tertiary/aromatic N) is 2. The summed E-state index contributed by atoms with van der Waals surface area (Å²) in [6, 6.07) is 11.9. The zero-order valence-electron chi connectivity index (χ0n) is 8.63. The molecule has 0 aliphatic heterocycles. The van der Waals surface area contributed by atoms with Gasteiger partial charge in [-0.15, -0.1) is 11.8 Å². The first-order chi connectivity index (χ1) is 7.88. The summed E-state index contributed by atoms with van der Waals surface area (Å²) in [5, 5.41) is 0. The molecule has 1 aromatic carbocycles. The fraction of sp³-hybridized carbons (Fsp3) is 0.0909. The van der Waals surface area contributed by atoms with Crippen LogP contribution < -0.4 is 11.3 Å². The third-order valence-corrected chi connectivity index (χ3v) is 2.97. The van der Waals surface area contributed by atoms with E-state index in [1.165, 1.54) is 4.90 Å². The molecule has 0 atom stereocenters. The standard InChI is InChI=1S/C11H12N4S/c12-15-10-6-7-13-11(14-10)8-16-9-4-2-1-3-5-9/h1-7H,8,12H2,(H,13,14,15). The number of anilines is 1. The number of nitrogens with one attached hydrogen (secondary N) is 1. The van der Waals surface area contributed by atoms with Crippen LogP contribution in [0.5, 0.6) is 0 Å². The minimum atomic E-state index is 0.638. The van der Waals surface area contributed by atoms with Crippen LogP contribution in [0, 0.1) is 0 Å². The summed E-state index contributed by atoms with van der Waals surface area (Å²) in [7, 11) is 0. The van der Waals surface area contributed by atoms with Crippen molar-refractivity contribution in [1.82, 2.24) is 9.97 Å². The first-order valence-electron chi connectivity index (χ1n) is 4.85. The summed E-state index contributed by atoms with van der Waals surface area (Å²) >= 11 is 1.70. The molecule has 0 amide bonds. The Labute approximate surface area is 98.3 Å². The highest BCUT2D eigenvalue weighted by molar-refractivity contribution is 7.98. The molecule has 1 heterocycles. The van der Waals surface area contributed by atoms with Gasteiger partial charge in [-0.25, -0.2) is 15.8 Å². The molecule has 0 fully saturated rings. The van der Waals surface area contributed by atoms with Crippen molar-refractivity contribution in [1.29, 1.82) is 0 Å². The first kappa shape index (κ1) is 10.9. The van der Waals surface area contributed by atoms with E-state index in [0.29, 0.717) is 5.82 Å². The van der Waals surface area contributed by atoms with Crippen LogP contribution in [0.1, 0.15) is 5.82 Å². The molecule has 3 N–H and O–H groups in total. The van der Waals surface area contributed by atoms with Crippen molar-refractivity contribution >= 4 is 17.6 Å². The summed E-state index contributed by atoms with van der Waals surface area (Å²) in [5.41, 5.74) is 2.51. The fourth-order valence-electron chi connectivity index (χ4n) is 1.21. The highest BCUT2D eigenvalue weighted by atomic mass is 32.2. The first-order valence-corrected chi connectivity index (χ1v) is 5.83. The molecule has 0 saturated heterocycles. The molecule has 2 aromatic rings. The minimum Gasteiger partial charge on any atom is -0.308 e. The molecular formula is C11H12N4S. The third kappa shape index (κ3) is 2.95. The number of hydrogen-bond acceptors (Lipinski definition) is 5. The van der Waals surface area contributed by atoms with E-state index in [0.717, 1.165) is 11.6 Å². The lowest BCUT2D eigenvalue weighted by molar-refractivity contribution is 1.03. The van der Waals surface area contributed by atoms with Gasteiger partial charge < -0.3 is 5.43 Å².